The number of hydrogen-bond donors (Lipinski definition) is 1. The van der Waals surface area contributed by atoms with Crippen LogP contribution in [0.25, 0.3) is 0 Å². The van der Waals surface area contributed by atoms with E-state index >= 15 is 0 Å². The molecule has 0 radical (unpaired) electrons. The number of hydrogen-bond acceptors (Lipinski definition) is 5. The van der Waals surface area contributed by atoms with Crippen molar-refractivity contribution in [3.05, 3.63) is 29.8 Å². The van der Waals surface area contributed by atoms with Crippen LogP contribution in [-0.2, 0) is 24.2 Å². The van der Waals surface area contributed by atoms with E-state index in [-0.39, 0.29) is 29.6 Å². The second-order valence-corrected chi connectivity index (χ2v) is 8.96. The quantitative estimate of drug-likeness (QED) is 0.699. The lowest BCUT2D eigenvalue weighted by Crippen LogP contribution is -2.33. The smallest absolute Gasteiger partial charge is 0.307 e. The minimum atomic E-state index is -3.54. The zero-order valence-electron chi connectivity index (χ0n) is 15.2. The van der Waals surface area contributed by atoms with Gasteiger partial charge in [0.2, 0.25) is 0 Å². The highest BCUT2D eigenvalue weighted by molar-refractivity contribution is 7.91. The topological polar surface area (TPSA) is 89.5 Å². The lowest BCUT2D eigenvalue weighted by Gasteiger charge is -2.21. The highest BCUT2D eigenvalue weighted by atomic mass is 32.2. The third-order valence-electron chi connectivity index (χ3n) is 4.63. The van der Waals surface area contributed by atoms with Crippen molar-refractivity contribution in [2.24, 2.45) is 5.92 Å². The minimum Gasteiger partial charge on any atom is -0.456 e. The van der Waals surface area contributed by atoms with E-state index in [1.807, 2.05) is 6.92 Å². The van der Waals surface area contributed by atoms with Crippen molar-refractivity contribution in [2.45, 2.75) is 50.3 Å². The number of carbonyl (C=O) groups is 2. The van der Waals surface area contributed by atoms with Gasteiger partial charge in [0.1, 0.15) is 0 Å². The zero-order chi connectivity index (χ0) is 19.0. The van der Waals surface area contributed by atoms with E-state index in [1.54, 1.807) is 12.1 Å². The van der Waals surface area contributed by atoms with Gasteiger partial charge in [-0.1, -0.05) is 37.0 Å². The van der Waals surface area contributed by atoms with E-state index in [9.17, 15) is 18.0 Å². The lowest BCUT2D eigenvalue weighted by molar-refractivity contribution is -0.148. The molecule has 0 atom stereocenters. The summed E-state index contributed by atoms with van der Waals surface area (Å²) in [6.45, 7) is 2.11. The largest absolute Gasteiger partial charge is 0.456 e. The van der Waals surface area contributed by atoms with E-state index in [4.69, 9.17) is 4.74 Å². The molecule has 7 heteroatoms. The summed E-state index contributed by atoms with van der Waals surface area (Å²) in [6.07, 6.45) is 5.63. The molecule has 1 amide bonds. The number of amides is 1. The standard InChI is InChI=1S/C19H27NO5S/c1-15-7-9-17(10-8-15)26(23,24)12-11-19(22)25-14-18(21)20-13-16-5-3-2-4-6-16/h7-10,16H,2-6,11-14H2,1H3,(H,20,21). The molecule has 0 spiro atoms. The maximum Gasteiger partial charge on any atom is 0.307 e. The number of rotatable bonds is 8. The highest BCUT2D eigenvalue weighted by Gasteiger charge is 2.18. The third-order valence-corrected chi connectivity index (χ3v) is 6.36. The van der Waals surface area contributed by atoms with E-state index in [0.717, 1.165) is 18.4 Å². The Kier molecular flexibility index (Phi) is 7.63. The fraction of sp³-hybridized carbons (Fsp3) is 0.579. The SMILES string of the molecule is Cc1ccc(S(=O)(=O)CCC(=O)OCC(=O)NCC2CCCCC2)cc1. The van der Waals surface area contributed by atoms with Gasteiger partial charge in [0.25, 0.3) is 5.91 Å². The molecule has 0 unspecified atom stereocenters. The van der Waals surface area contributed by atoms with E-state index in [0.29, 0.717) is 12.5 Å². The summed E-state index contributed by atoms with van der Waals surface area (Å²) >= 11 is 0. The summed E-state index contributed by atoms with van der Waals surface area (Å²) in [6, 6.07) is 6.47. The van der Waals surface area contributed by atoms with Crippen LogP contribution >= 0.6 is 0 Å². The van der Waals surface area contributed by atoms with Crippen LogP contribution in [0.4, 0.5) is 0 Å². The summed E-state index contributed by atoms with van der Waals surface area (Å²) in [5.41, 5.74) is 0.961. The Bertz CT molecular complexity index is 706. The van der Waals surface area contributed by atoms with Crippen molar-refractivity contribution in [3.8, 4) is 0 Å². The molecule has 0 saturated heterocycles. The van der Waals surface area contributed by atoms with Crippen LogP contribution in [0.1, 0.15) is 44.1 Å². The maximum absolute atomic E-state index is 12.2. The molecule has 1 aromatic carbocycles. The number of benzene rings is 1. The molecule has 144 valence electrons. The van der Waals surface area contributed by atoms with Gasteiger partial charge in [-0.15, -0.1) is 0 Å². The van der Waals surface area contributed by atoms with Crippen LogP contribution in [0.3, 0.4) is 0 Å². The summed E-state index contributed by atoms with van der Waals surface area (Å²) in [5, 5.41) is 2.78. The third kappa shape index (κ3) is 6.78. The number of sulfone groups is 1. The zero-order valence-corrected chi connectivity index (χ0v) is 16.0. The molecule has 1 saturated carbocycles. The number of ether oxygens (including phenoxy) is 1. The molecule has 0 aromatic heterocycles. The summed E-state index contributed by atoms with van der Waals surface area (Å²) < 4.78 is 29.2. The van der Waals surface area contributed by atoms with Crippen molar-refractivity contribution in [2.75, 3.05) is 18.9 Å². The molecule has 1 fully saturated rings. The minimum absolute atomic E-state index is 0.182. The number of nitrogens with one attached hydrogen (secondary N) is 1. The Hall–Kier alpha value is -1.89. The monoisotopic (exact) mass is 381 g/mol. The average Bonchev–Trinajstić information content (AvgIpc) is 2.64. The Morgan fingerprint density at radius 3 is 2.42 bits per heavy atom. The molecule has 1 aromatic rings. The van der Waals surface area contributed by atoms with Gasteiger partial charge < -0.3 is 10.1 Å². The predicted molar refractivity (Wildman–Crippen MR) is 98.4 cm³/mol. The second-order valence-electron chi connectivity index (χ2n) is 6.85. The molecule has 0 aliphatic heterocycles. The molecule has 0 bridgehead atoms. The van der Waals surface area contributed by atoms with E-state index in [1.165, 1.54) is 31.4 Å². The maximum atomic E-state index is 12.2. The van der Waals surface area contributed by atoms with Crippen molar-refractivity contribution in [1.29, 1.82) is 0 Å². The molecule has 1 aliphatic rings. The van der Waals surface area contributed by atoms with Crippen LogP contribution in [-0.4, -0.2) is 39.2 Å². The summed E-state index contributed by atoms with van der Waals surface area (Å²) in [7, 11) is -3.54. The van der Waals surface area contributed by atoms with Gasteiger partial charge in [-0.05, 0) is 37.8 Å². The van der Waals surface area contributed by atoms with Gasteiger partial charge in [0.05, 0.1) is 17.1 Å². The fourth-order valence-electron chi connectivity index (χ4n) is 3.00. The van der Waals surface area contributed by atoms with Gasteiger partial charge in [-0.2, -0.15) is 0 Å². The van der Waals surface area contributed by atoms with Gasteiger partial charge in [0, 0.05) is 6.54 Å². The first-order valence-electron chi connectivity index (χ1n) is 9.08. The molecular formula is C19H27NO5S. The van der Waals surface area contributed by atoms with Crippen LogP contribution in [0.5, 0.6) is 0 Å². The molecule has 26 heavy (non-hydrogen) atoms. The molecular weight excluding hydrogens is 354 g/mol. The van der Waals surface area contributed by atoms with Crippen molar-refractivity contribution >= 4 is 21.7 Å². The van der Waals surface area contributed by atoms with Crippen molar-refractivity contribution in [3.63, 3.8) is 0 Å². The fourth-order valence-corrected chi connectivity index (χ4v) is 4.22. The molecule has 6 nitrogen and oxygen atoms in total. The van der Waals surface area contributed by atoms with Crippen LogP contribution < -0.4 is 5.32 Å². The molecule has 1 aliphatic carbocycles. The molecule has 2 rings (SSSR count). The second kappa shape index (κ2) is 9.71. The number of carbonyl (C=O) groups excluding carboxylic acids is 2. The first-order chi connectivity index (χ1) is 12.4. The first kappa shape index (κ1) is 20.4. The lowest BCUT2D eigenvalue weighted by atomic mass is 9.89. The van der Waals surface area contributed by atoms with Gasteiger partial charge >= 0.3 is 5.97 Å². The van der Waals surface area contributed by atoms with E-state index in [2.05, 4.69) is 5.32 Å². The van der Waals surface area contributed by atoms with E-state index < -0.39 is 15.8 Å². The number of esters is 1. The first-order valence-corrected chi connectivity index (χ1v) is 10.7. The van der Waals surface area contributed by atoms with Gasteiger partial charge in [-0.25, -0.2) is 8.42 Å². The Balaban J connectivity index is 1.67. The average molecular weight is 381 g/mol. The van der Waals surface area contributed by atoms with Gasteiger partial charge in [-0.3, -0.25) is 9.59 Å². The highest BCUT2D eigenvalue weighted by Crippen LogP contribution is 2.22. The Morgan fingerprint density at radius 1 is 1.12 bits per heavy atom. The van der Waals surface area contributed by atoms with Crippen LogP contribution in [0.15, 0.2) is 29.2 Å². The van der Waals surface area contributed by atoms with Gasteiger partial charge in [0.15, 0.2) is 16.4 Å². The number of aryl methyl sites for hydroxylation is 1. The normalized spacial score (nSPS) is 15.4. The van der Waals surface area contributed by atoms with Crippen molar-refractivity contribution < 1.29 is 22.7 Å². The summed E-state index contributed by atoms with van der Waals surface area (Å²) in [4.78, 5) is 23.6. The Morgan fingerprint density at radius 2 is 1.77 bits per heavy atom. The Labute approximate surface area is 155 Å². The molecule has 1 N–H and O–H groups in total. The van der Waals surface area contributed by atoms with Crippen LogP contribution in [0.2, 0.25) is 0 Å². The predicted octanol–water partition coefficient (Wildman–Crippen LogP) is 2.40. The summed E-state index contributed by atoms with van der Waals surface area (Å²) in [5.74, 6) is -0.861. The van der Waals surface area contributed by atoms with Crippen LogP contribution in [0, 0.1) is 12.8 Å². The van der Waals surface area contributed by atoms with Crippen molar-refractivity contribution in [1.82, 2.24) is 5.32 Å². The molecule has 0 heterocycles.